The van der Waals surface area contributed by atoms with Crippen molar-refractivity contribution >= 4 is 5.82 Å². The van der Waals surface area contributed by atoms with Crippen molar-refractivity contribution in [2.75, 3.05) is 18.0 Å². The Kier molecular flexibility index (Phi) is 3.16. The molecule has 0 saturated carbocycles. The Labute approximate surface area is 90.0 Å². The third kappa shape index (κ3) is 2.26. The van der Waals surface area contributed by atoms with E-state index in [4.69, 9.17) is 5.11 Å². The standard InChI is InChI=1S/C11H17N3O/c1-2-9-3-4-14(7-9)11-6-12-10(8-15)5-13-11/h5-6,9,15H,2-4,7-8H2,1H3. The van der Waals surface area contributed by atoms with Crippen LogP contribution in [0.3, 0.4) is 0 Å². The van der Waals surface area contributed by atoms with E-state index < -0.39 is 0 Å². The molecule has 1 aromatic rings. The van der Waals surface area contributed by atoms with Crippen LogP contribution < -0.4 is 4.90 Å². The summed E-state index contributed by atoms with van der Waals surface area (Å²) < 4.78 is 0. The van der Waals surface area contributed by atoms with Crippen molar-refractivity contribution in [2.24, 2.45) is 5.92 Å². The minimum Gasteiger partial charge on any atom is -0.390 e. The molecule has 0 amide bonds. The van der Waals surface area contributed by atoms with Crippen LogP contribution in [-0.2, 0) is 6.61 Å². The molecule has 1 atom stereocenters. The lowest BCUT2D eigenvalue weighted by molar-refractivity contribution is 0.276. The van der Waals surface area contributed by atoms with Crippen molar-refractivity contribution in [2.45, 2.75) is 26.4 Å². The molecule has 0 aromatic carbocycles. The summed E-state index contributed by atoms with van der Waals surface area (Å²) in [6.45, 7) is 4.36. The smallest absolute Gasteiger partial charge is 0.147 e. The molecule has 15 heavy (non-hydrogen) atoms. The molecule has 4 nitrogen and oxygen atoms in total. The minimum absolute atomic E-state index is 0.0368. The molecule has 4 heteroatoms. The van der Waals surface area contributed by atoms with Gasteiger partial charge in [-0.1, -0.05) is 13.3 Å². The predicted octanol–water partition coefficient (Wildman–Crippen LogP) is 1.21. The van der Waals surface area contributed by atoms with E-state index in [-0.39, 0.29) is 6.61 Å². The third-order valence-corrected chi connectivity index (χ3v) is 3.04. The average Bonchev–Trinajstić information content (AvgIpc) is 2.78. The van der Waals surface area contributed by atoms with Gasteiger partial charge in [0.2, 0.25) is 0 Å². The third-order valence-electron chi connectivity index (χ3n) is 3.04. The summed E-state index contributed by atoms with van der Waals surface area (Å²) >= 11 is 0. The van der Waals surface area contributed by atoms with Crippen molar-refractivity contribution in [3.8, 4) is 0 Å². The summed E-state index contributed by atoms with van der Waals surface area (Å²) in [4.78, 5) is 10.7. The van der Waals surface area contributed by atoms with Crippen LogP contribution >= 0.6 is 0 Å². The number of hydrogen-bond acceptors (Lipinski definition) is 4. The molecule has 1 N–H and O–H groups in total. The van der Waals surface area contributed by atoms with Gasteiger partial charge in [-0.15, -0.1) is 0 Å². The zero-order valence-corrected chi connectivity index (χ0v) is 9.06. The molecule has 1 aliphatic rings. The molecule has 0 bridgehead atoms. The van der Waals surface area contributed by atoms with Crippen molar-refractivity contribution in [1.82, 2.24) is 9.97 Å². The first-order valence-corrected chi connectivity index (χ1v) is 5.50. The Balaban J connectivity index is 2.04. The lowest BCUT2D eigenvalue weighted by atomic mass is 10.1. The van der Waals surface area contributed by atoms with E-state index >= 15 is 0 Å². The highest BCUT2D eigenvalue weighted by Crippen LogP contribution is 2.23. The second kappa shape index (κ2) is 4.57. The van der Waals surface area contributed by atoms with Gasteiger partial charge in [-0.05, 0) is 12.3 Å². The van der Waals surface area contributed by atoms with Gasteiger partial charge in [0.25, 0.3) is 0 Å². The summed E-state index contributed by atoms with van der Waals surface area (Å²) in [5, 5.41) is 8.86. The van der Waals surface area contributed by atoms with Crippen LogP contribution in [0.25, 0.3) is 0 Å². The van der Waals surface area contributed by atoms with E-state index in [0.717, 1.165) is 24.8 Å². The number of aliphatic hydroxyl groups excluding tert-OH is 1. The highest BCUT2D eigenvalue weighted by Gasteiger charge is 2.21. The molecule has 0 spiro atoms. The Morgan fingerprint density at radius 3 is 2.87 bits per heavy atom. The minimum atomic E-state index is -0.0368. The Morgan fingerprint density at radius 1 is 1.47 bits per heavy atom. The average molecular weight is 207 g/mol. The molecular weight excluding hydrogens is 190 g/mol. The van der Waals surface area contributed by atoms with E-state index in [1.807, 2.05) is 0 Å². The number of aromatic nitrogens is 2. The van der Waals surface area contributed by atoms with E-state index in [2.05, 4.69) is 21.8 Å². The van der Waals surface area contributed by atoms with Crippen LogP contribution in [0.5, 0.6) is 0 Å². The first-order chi connectivity index (χ1) is 7.33. The largest absolute Gasteiger partial charge is 0.390 e. The van der Waals surface area contributed by atoms with Crippen molar-refractivity contribution in [1.29, 1.82) is 0 Å². The fraction of sp³-hybridized carbons (Fsp3) is 0.636. The summed E-state index contributed by atoms with van der Waals surface area (Å²) in [5.41, 5.74) is 0.630. The first kappa shape index (κ1) is 10.4. The van der Waals surface area contributed by atoms with Crippen LogP contribution in [0, 0.1) is 5.92 Å². The van der Waals surface area contributed by atoms with E-state index in [1.165, 1.54) is 12.8 Å². The summed E-state index contributed by atoms with van der Waals surface area (Å²) in [6, 6.07) is 0. The second-order valence-corrected chi connectivity index (χ2v) is 4.03. The van der Waals surface area contributed by atoms with Crippen molar-refractivity contribution < 1.29 is 5.11 Å². The molecule has 1 saturated heterocycles. The van der Waals surface area contributed by atoms with Gasteiger partial charge >= 0.3 is 0 Å². The van der Waals surface area contributed by atoms with Gasteiger partial charge in [-0.25, -0.2) is 4.98 Å². The monoisotopic (exact) mass is 207 g/mol. The van der Waals surface area contributed by atoms with Gasteiger partial charge in [0.15, 0.2) is 0 Å². The normalized spacial score (nSPS) is 20.9. The number of nitrogens with zero attached hydrogens (tertiary/aromatic N) is 3. The van der Waals surface area contributed by atoms with Crippen LogP contribution in [0.4, 0.5) is 5.82 Å². The molecular formula is C11H17N3O. The first-order valence-electron chi connectivity index (χ1n) is 5.50. The molecule has 0 radical (unpaired) electrons. The molecule has 1 fully saturated rings. The number of aliphatic hydroxyl groups is 1. The molecule has 1 aliphatic heterocycles. The Hall–Kier alpha value is -1.16. The van der Waals surface area contributed by atoms with Gasteiger partial charge in [-0.3, -0.25) is 4.98 Å². The zero-order valence-electron chi connectivity index (χ0n) is 9.06. The lowest BCUT2D eigenvalue weighted by Crippen LogP contribution is -2.20. The highest BCUT2D eigenvalue weighted by atomic mass is 16.3. The topological polar surface area (TPSA) is 49.2 Å². The van der Waals surface area contributed by atoms with Crippen LogP contribution in [0.15, 0.2) is 12.4 Å². The maximum atomic E-state index is 8.86. The number of rotatable bonds is 3. The maximum Gasteiger partial charge on any atom is 0.147 e. The van der Waals surface area contributed by atoms with Crippen LogP contribution in [0.1, 0.15) is 25.5 Å². The predicted molar refractivity (Wildman–Crippen MR) is 58.6 cm³/mol. The Morgan fingerprint density at radius 2 is 2.33 bits per heavy atom. The molecule has 2 rings (SSSR count). The van der Waals surface area contributed by atoms with E-state index in [9.17, 15) is 0 Å². The number of hydrogen-bond donors (Lipinski definition) is 1. The SMILES string of the molecule is CCC1CCN(c2cnc(CO)cn2)C1. The van der Waals surface area contributed by atoms with Gasteiger partial charge in [0.05, 0.1) is 24.7 Å². The zero-order chi connectivity index (χ0) is 10.7. The lowest BCUT2D eigenvalue weighted by Gasteiger charge is -2.16. The van der Waals surface area contributed by atoms with Gasteiger partial charge in [0.1, 0.15) is 5.82 Å². The molecule has 1 aromatic heterocycles. The fourth-order valence-electron chi connectivity index (χ4n) is 1.97. The van der Waals surface area contributed by atoms with E-state index in [1.54, 1.807) is 12.4 Å². The Bertz CT molecular complexity index is 312. The molecule has 1 unspecified atom stereocenters. The van der Waals surface area contributed by atoms with E-state index in [0.29, 0.717) is 5.69 Å². The van der Waals surface area contributed by atoms with Crippen LogP contribution in [-0.4, -0.2) is 28.2 Å². The van der Waals surface area contributed by atoms with Gasteiger partial charge in [-0.2, -0.15) is 0 Å². The van der Waals surface area contributed by atoms with Crippen molar-refractivity contribution in [3.05, 3.63) is 18.1 Å². The summed E-state index contributed by atoms with van der Waals surface area (Å²) in [5.74, 6) is 1.73. The second-order valence-electron chi connectivity index (χ2n) is 4.03. The number of anilines is 1. The van der Waals surface area contributed by atoms with Gasteiger partial charge in [0, 0.05) is 13.1 Å². The van der Waals surface area contributed by atoms with Crippen LogP contribution in [0.2, 0.25) is 0 Å². The molecule has 0 aliphatic carbocycles. The highest BCUT2D eigenvalue weighted by molar-refractivity contribution is 5.37. The molecule has 2 heterocycles. The fourth-order valence-corrected chi connectivity index (χ4v) is 1.97. The molecule has 82 valence electrons. The maximum absolute atomic E-state index is 8.86. The summed E-state index contributed by atoms with van der Waals surface area (Å²) in [7, 11) is 0. The summed E-state index contributed by atoms with van der Waals surface area (Å²) in [6.07, 6.45) is 5.89. The van der Waals surface area contributed by atoms with Crippen molar-refractivity contribution in [3.63, 3.8) is 0 Å². The quantitative estimate of drug-likeness (QED) is 0.809. The van der Waals surface area contributed by atoms with Gasteiger partial charge < -0.3 is 10.0 Å².